The maximum Gasteiger partial charge on any atom is 0.282 e. The van der Waals surface area contributed by atoms with E-state index in [0.29, 0.717) is 59.9 Å². The predicted octanol–water partition coefficient (Wildman–Crippen LogP) is 8.77. The molecule has 6 aromatic rings. The van der Waals surface area contributed by atoms with E-state index in [1.54, 1.807) is 61.9 Å². The first kappa shape index (κ1) is 28.2. The fourth-order valence-electron chi connectivity index (χ4n) is 4.46. The van der Waals surface area contributed by atoms with Gasteiger partial charge >= 0.3 is 0 Å². The number of hydrogen-bond acceptors (Lipinski definition) is 6. The molecule has 0 bridgehead atoms. The summed E-state index contributed by atoms with van der Waals surface area (Å²) in [6.07, 6.45) is 1.56. The molecular weight excluding hydrogens is 686 g/mol. The fourth-order valence-corrected chi connectivity index (χ4v) is 5.58. The minimum Gasteiger partial charge on any atom is -0.493 e. The Bertz CT molecular complexity index is 2050. The van der Waals surface area contributed by atoms with Crippen molar-refractivity contribution in [2.45, 2.75) is 13.5 Å². The number of nitrogens with zero attached hydrogens (tertiary/aromatic N) is 3. The molecule has 2 heterocycles. The van der Waals surface area contributed by atoms with E-state index in [0.717, 1.165) is 10.9 Å². The maximum atomic E-state index is 13.7. The van der Waals surface area contributed by atoms with Crippen molar-refractivity contribution < 1.29 is 13.9 Å². The highest BCUT2D eigenvalue weighted by atomic mass is 79.9. The zero-order chi connectivity index (χ0) is 29.4. The van der Waals surface area contributed by atoms with Gasteiger partial charge < -0.3 is 13.9 Å². The van der Waals surface area contributed by atoms with Crippen molar-refractivity contribution in [2.75, 3.05) is 7.11 Å². The first-order valence-corrected chi connectivity index (χ1v) is 14.8. The Morgan fingerprint density at radius 2 is 1.81 bits per heavy atom. The van der Waals surface area contributed by atoms with Gasteiger partial charge in [0.2, 0.25) is 5.82 Å². The molecule has 4 aromatic carbocycles. The van der Waals surface area contributed by atoms with Crippen molar-refractivity contribution in [3.63, 3.8) is 0 Å². The van der Waals surface area contributed by atoms with Gasteiger partial charge in [-0.25, -0.2) is 4.98 Å². The summed E-state index contributed by atoms with van der Waals surface area (Å²) in [6, 6.07) is 24.1. The molecule has 210 valence electrons. The highest BCUT2D eigenvalue weighted by Gasteiger charge is 2.19. The van der Waals surface area contributed by atoms with Crippen LogP contribution in [0.4, 0.5) is 0 Å². The third-order valence-electron chi connectivity index (χ3n) is 6.64. The number of fused-ring (bicyclic) bond motifs is 2. The van der Waals surface area contributed by atoms with Crippen LogP contribution in [-0.4, -0.2) is 23.0 Å². The van der Waals surface area contributed by atoms with E-state index in [4.69, 9.17) is 30.5 Å². The van der Waals surface area contributed by atoms with E-state index < -0.39 is 0 Å². The molecule has 0 N–H and O–H groups in total. The molecule has 10 heteroatoms. The molecule has 0 spiro atoms. The molecule has 0 aliphatic rings. The minimum absolute atomic E-state index is 0.252. The molecule has 0 unspecified atom stereocenters. The topological polar surface area (TPSA) is 78.9 Å². The van der Waals surface area contributed by atoms with Crippen LogP contribution in [0.3, 0.4) is 0 Å². The fraction of sp³-hybridized carbons (Fsp3) is 0.0938. The van der Waals surface area contributed by atoms with Crippen LogP contribution in [0.15, 0.2) is 102 Å². The first-order valence-electron chi connectivity index (χ1n) is 12.8. The van der Waals surface area contributed by atoms with Crippen LogP contribution in [0.2, 0.25) is 5.02 Å². The summed E-state index contributed by atoms with van der Waals surface area (Å²) in [5, 5.41) is 6.37. The molecule has 0 aliphatic heterocycles. The van der Waals surface area contributed by atoms with E-state index in [2.05, 4.69) is 37.0 Å². The summed E-state index contributed by atoms with van der Waals surface area (Å²) in [5.41, 5.74) is 3.65. The number of methoxy groups -OCH3 is 1. The van der Waals surface area contributed by atoms with E-state index >= 15 is 0 Å². The Hall–Kier alpha value is -3.92. The van der Waals surface area contributed by atoms with Crippen molar-refractivity contribution in [3.8, 4) is 23.1 Å². The monoisotopic (exact) mass is 705 g/mol. The van der Waals surface area contributed by atoms with E-state index in [9.17, 15) is 4.79 Å². The van der Waals surface area contributed by atoms with Gasteiger partial charge in [-0.15, -0.1) is 0 Å². The lowest BCUT2D eigenvalue weighted by Gasteiger charge is -2.15. The smallest absolute Gasteiger partial charge is 0.282 e. The van der Waals surface area contributed by atoms with Crippen molar-refractivity contribution in [1.82, 2.24) is 9.66 Å². The standard InChI is InChI=1S/C32H22Br2ClN3O4/c1-18-7-9-19(10-8-18)17-41-30-26(40-2)15-21(28(33)29(30)34)16-36-38-31(37-24-6-4-3-5-23(24)32(38)39)27-14-20-13-22(35)11-12-25(20)42-27/h3-16H,17H2,1-2H3. The van der Waals surface area contributed by atoms with Gasteiger partial charge in [-0.2, -0.15) is 9.78 Å². The van der Waals surface area contributed by atoms with Crippen molar-refractivity contribution >= 4 is 71.5 Å². The average Bonchev–Trinajstić information content (AvgIpc) is 3.42. The number of furan rings is 1. The van der Waals surface area contributed by atoms with Crippen molar-refractivity contribution in [3.05, 3.63) is 120 Å². The lowest BCUT2D eigenvalue weighted by atomic mass is 10.1. The lowest BCUT2D eigenvalue weighted by Crippen LogP contribution is -2.20. The highest BCUT2D eigenvalue weighted by Crippen LogP contribution is 2.42. The quantitative estimate of drug-likeness (QED) is 0.155. The normalized spacial score (nSPS) is 11.5. The minimum atomic E-state index is -0.342. The molecule has 0 aliphatic carbocycles. The molecule has 42 heavy (non-hydrogen) atoms. The van der Waals surface area contributed by atoms with Gasteiger partial charge in [0.1, 0.15) is 12.2 Å². The maximum absolute atomic E-state index is 13.7. The van der Waals surface area contributed by atoms with Crippen LogP contribution in [0.25, 0.3) is 33.5 Å². The number of benzene rings is 4. The number of aryl methyl sites for hydroxylation is 1. The summed E-state index contributed by atoms with van der Waals surface area (Å²) in [7, 11) is 1.57. The molecule has 6 rings (SSSR count). The second-order valence-electron chi connectivity index (χ2n) is 9.51. The van der Waals surface area contributed by atoms with Crippen LogP contribution >= 0.6 is 43.5 Å². The van der Waals surface area contributed by atoms with Gasteiger partial charge in [0.25, 0.3) is 5.56 Å². The Kier molecular flexibility index (Phi) is 7.90. The Balaban J connectivity index is 1.42. The van der Waals surface area contributed by atoms with E-state index in [1.165, 1.54) is 10.2 Å². The molecule has 0 saturated carbocycles. The van der Waals surface area contributed by atoms with Gasteiger partial charge in [-0.3, -0.25) is 4.79 Å². The first-order chi connectivity index (χ1) is 20.3. The number of para-hydroxylation sites is 1. The van der Waals surface area contributed by atoms with Crippen molar-refractivity contribution in [1.29, 1.82) is 0 Å². The van der Waals surface area contributed by atoms with Gasteiger partial charge in [-0.05, 0) is 86.8 Å². The van der Waals surface area contributed by atoms with Crippen LogP contribution in [-0.2, 0) is 6.61 Å². The summed E-state index contributed by atoms with van der Waals surface area (Å²) in [5.74, 6) is 1.66. The van der Waals surface area contributed by atoms with Crippen LogP contribution in [0, 0.1) is 6.92 Å². The number of halogens is 3. The number of aromatic nitrogens is 2. The molecule has 0 fully saturated rings. The summed E-state index contributed by atoms with van der Waals surface area (Å²) >= 11 is 13.5. The number of rotatable bonds is 7. The Morgan fingerprint density at radius 3 is 2.60 bits per heavy atom. The number of ether oxygens (including phenoxy) is 2. The zero-order valence-electron chi connectivity index (χ0n) is 22.4. The average molecular weight is 708 g/mol. The summed E-state index contributed by atoms with van der Waals surface area (Å²) in [4.78, 5) is 18.4. The van der Waals surface area contributed by atoms with Gasteiger partial charge in [0.05, 0.1) is 28.7 Å². The van der Waals surface area contributed by atoms with Crippen LogP contribution in [0.1, 0.15) is 16.7 Å². The summed E-state index contributed by atoms with van der Waals surface area (Å²) in [6.45, 7) is 2.40. The van der Waals surface area contributed by atoms with Gasteiger partial charge in [-0.1, -0.05) is 53.6 Å². The molecule has 0 amide bonds. The largest absolute Gasteiger partial charge is 0.493 e. The number of hydrogen-bond donors (Lipinski definition) is 0. The zero-order valence-corrected chi connectivity index (χ0v) is 26.3. The second kappa shape index (κ2) is 11.8. The molecule has 0 radical (unpaired) electrons. The predicted molar refractivity (Wildman–Crippen MR) is 173 cm³/mol. The van der Waals surface area contributed by atoms with Crippen LogP contribution in [0.5, 0.6) is 11.5 Å². The Labute approximate surface area is 262 Å². The second-order valence-corrected chi connectivity index (χ2v) is 11.5. The third kappa shape index (κ3) is 5.47. The highest BCUT2D eigenvalue weighted by molar-refractivity contribution is 9.13. The lowest BCUT2D eigenvalue weighted by molar-refractivity contribution is 0.282. The molecule has 2 aromatic heterocycles. The van der Waals surface area contributed by atoms with Gasteiger partial charge in [0.15, 0.2) is 17.3 Å². The molecular formula is C32H22Br2ClN3O4. The third-order valence-corrected chi connectivity index (χ3v) is 9.02. The summed E-state index contributed by atoms with van der Waals surface area (Å²) < 4.78 is 20.4. The van der Waals surface area contributed by atoms with Crippen LogP contribution < -0.4 is 15.0 Å². The van der Waals surface area contributed by atoms with Crippen molar-refractivity contribution in [2.24, 2.45) is 5.10 Å². The Morgan fingerprint density at radius 1 is 1.02 bits per heavy atom. The molecule has 7 nitrogen and oxygen atoms in total. The van der Waals surface area contributed by atoms with Gasteiger partial charge in [0, 0.05) is 20.4 Å². The molecule has 0 atom stereocenters. The molecule has 0 saturated heterocycles. The van der Waals surface area contributed by atoms with E-state index in [1.807, 2.05) is 37.3 Å². The van der Waals surface area contributed by atoms with E-state index in [-0.39, 0.29) is 11.4 Å². The SMILES string of the molecule is COc1cc(C=Nn2c(-c3cc4cc(Cl)ccc4o3)nc3ccccc3c2=O)c(Br)c(Br)c1OCc1ccc(C)cc1.